The normalized spacial score (nSPS) is 11.5. The standard InChI is InChI=1S/C31H21N3/c1-3-9-22(10-4-1)23-15-18-30(32-21-23)33-20-19-27-28(33)17-16-26-25-13-7-8-14-29(25)34(31(26)27)24-11-5-2-6-12-24/h1-21H. The monoisotopic (exact) mass is 435 g/mol. The molecule has 0 unspecified atom stereocenters. The first-order valence-corrected chi connectivity index (χ1v) is 11.5. The number of benzene rings is 4. The van der Waals surface area contributed by atoms with E-state index in [1.165, 1.54) is 38.4 Å². The van der Waals surface area contributed by atoms with Crippen molar-refractivity contribution in [2.75, 3.05) is 0 Å². The zero-order chi connectivity index (χ0) is 22.5. The SMILES string of the molecule is c1ccc(-c2ccc(-n3ccc4c3ccc3c5ccccc5n(-c5ccccc5)c34)nc2)cc1. The highest BCUT2D eigenvalue weighted by molar-refractivity contribution is 6.18. The second kappa shape index (κ2) is 7.46. The van der Waals surface area contributed by atoms with Gasteiger partial charge in [0.1, 0.15) is 5.82 Å². The van der Waals surface area contributed by atoms with E-state index in [0.717, 1.165) is 16.9 Å². The second-order valence-electron chi connectivity index (χ2n) is 8.54. The molecule has 0 radical (unpaired) electrons. The Bertz CT molecular complexity index is 1770. The zero-order valence-electron chi connectivity index (χ0n) is 18.5. The summed E-state index contributed by atoms with van der Waals surface area (Å²) in [5.41, 5.74) is 7.05. The Kier molecular flexibility index (Phi) is 4.15. The van der Waals surface area contributed by atoms with Gasteiger partial charge >= 0.3 is 0 Å². The van der Waals surface area contributed by atoms with Gasteiger partial charge in [0, 0.05) is 39.8 Å². The Morgan fingerprint density at radius 1 is 0.500 bits per heavy atom. The molecule has 0 N–H and O–H groups in total. The summed E-state index contributed by atoms with van der Waals surface area (Å²) in [6.45, 7) is 0. The Hall–Kier alpha value is -4.63. The Morgan fingerprint density at radius 2 is 1.26 bits per heavy atom. The van der Waals surface area contributed by atoms with Crippen LogP contribution >= 0.6 is 0 Å². The molecule has 0 bridgehead atoms. The van der Waals surface area contributed by atoms with Crippen LogP contribution in [0.25, 0.3) is 55.3 Å². The van der Waals surface area contributed by atoms with Crippen LogP contribution in [0.2, 0.25) is 0 Å². The Balaban J connectivity index is 1.46. The first-order valence-electron chi connectivity index (χ1n) is 11.5. The minimum Gasteiger partial charge on any atom is -0.309 e. The fourth-order valence-electron chi connectivity index (χ4n) is 5.05. The molecular weight excluding hydrogens is 414 g/mol. The van der Waals surface area contributed by atoms with Crippen molar-refractivity contribution in [2.45, 2.75) is 0 Å². The molecule has 3 heteroatoms. The lowest BCUT2D eigenvalue weighted by Gasteiger charge is -2.09. The highest BCUT2D eigenvalue weighted by Gasteiger charge is 2.16. The molecule has 0 aliphatic rings. The molecule has 34 heavy (non-hydrogen) atoms. The van der Waals surface area contributed by atoms with Gasteiger partial charge in [-0.3, -0.25) is 0 Å². The maximum Gasteiger partial charge on any atom is 0.137 e. The van der Waals surface area contributed by atoms with Crippen LogP contribution in [0.5, 0.6) is 0 Å². The predicted octanol–water partition coefficient (Wildman–Crippen LogP) is 7.79. The van der Waals surface area contributed by atoms with E-state index in [2.05, 4.69) is 125 Å². The van der Waals surface area contributed by atoms with Gasteiger partial charge in [0.2, 0.25) is 0 Å². The van der Waals surface area contributed by atoms with Gasteiger partial charge in [0.05, 0.1) is 16.6 Å². The van der Waals surface area contributed by atoms with Crippen molar-refractivity contribution in [1.29, 1.82) is 0 Å². The fraction of sp³-hybridized carbons (Fsp3) is 0. The minimum atomic E-state index is 0.913. The number of hydrogen-bond acceptors (Lipinski definition) is 1. The average molecular weight is 436 g/mol. The van der Waals surface area contributed by atoms with E-state index in [-0.39, 0.29) is 0 Å². The van der Waals surface area contributed by atoms with Gasteiger partial charge in [-0.2, -0.15) is 0 Å². The molecule has 3 nitrogen and oxygen atoms in total. The third kappa shape index (κ3) is 2.81. The van der Waals surface area contributed by atoms with E-state index in [0.29, 0.717) is 0 Å². The van der Waals surface area contributed by atoms with Crippen molar-refractivity contribution < 1.29 is 0 Å². The molecular formula is C31H21N3. The average Bonchev–Trinajstić information content (AvgIpc) is 3.49. The summed E-state index contributed by atoms with van der Waals surface area (Å²) in [5, 5.41) is 3.74. The summed E-state index contributed by atoms with van der Waals surface area (Å²) in [7, 11) is 0. The molecule has 0 saturated heterocycles. The van der Waals surface area contributed by atoms with Crippen LogP contribution in [-0.4, -0.2) is 14.1 Å². The van der Waals surface area contributed by atoms with Crippen molar-refractivity contribution in [2.24, 2.45) is 0 Å². The number of pyridine rings is 1. The highest BCUT2D eigenvalue weighted by Crippen LogP contribution is 2.37. The molecule has 0 atom stereocenters. The van der Waals surface area contributed by atoms with E-state index < -0.39 is 0 Å². The molecule has 0 saturated carbocycles. The predicted molar refractivity (Wildman–Crippen MR) is 141 cm³/mol. The third-order valence-corrected chi connectivity index (χ3v) is 6.62. The summed E-state index contributed by atoms with van der Waals surface area (Å²) in [5.74, 6) is 0.913. The highest BCUT2D eigenvalue weighted by atomic mass is 15.1. The summed E-state index contributed by atoms with van der Waals surface area (Å²) < 4.78 is 4.56. The van der Waals surface area contributed by atoms with E-state index in [1.54, 1.807) is 0 Å². The summed E-state index contributed by atoms with van der Waals surface area (Å²) in [4.78, 5) is 4.81. The van der Waals surface area contributed by atoms with Gasteiger partial charge in [-0.1, -0.05) is 72.8 Å². The maximum absolute atomic E-state index is 4.81. The smallest absolute Gasteiger partial charge is 0.137 e. The van der Waals surface area contributed by atoms with Crippen LogP contribution in [0.15, 0.2) is 128 Å². The van der Waals surface area contributed by atoms with Crippen molar-refractivity contribution in [3.05, 3.63) is 128 Å². The zero-order valence-corrected chi connectivity index (χ0v) is 18.5. The molecule has 3 heterocycles. The second-order valence-corrected chi connectivity index (χ2v) is 8.54. The van der Waals surface area contributed by atoms with Gasteiger partial charge in [-0.25, -0.2) is 4.98 Å². The first kappa shape index (κ1) is 18.9. The van der Waals surface area contributed by atoms with Crippen LogP contribution in [0.3, 0.4) is 0 Å². The van der Waals surface area contributed by atoms with E-state index in [4.69, 9.17) is 4.98 Å². The summed E-state index contributed by atoms with van der Waals surface area (Å²) in [6.07, 6.45) is 4.08. The number of hydrogen-bond donors (Lipinski definition) is 0. The van der Waals surface area contributed by atoms with E-state index in [1.807, 2.05) is 12.3 Å². The van der Waals surface area contributed by atoms with Crippen LogP contribution in [0.1, 0.15) is 0 Å². The Morgan fingerprint density at radius 3 is 2.06 bits per heavy atom. The van der Waals surface area contributed by atoms with Gasteiger partial charge in [-0.15, -0.1) is 0 Å². The lowest BCUT2D eigenvalue weighted by Crippen LogP contribution is -1.96. The molecule has 0 fully saturated rings. The number of para-hydroxylation sites is 2. The van der Waals surface area contributed by atoms with Crippen molar-refractivity contribution in [3.63, 3.8) is 0 Å². The maximum atomic E-state index is 4.81. The molecule has 7 aromatic rings. The molecule has 3 aromatic heterocycles. The Labute approximate surface area is 197 Å². The van der Waals surface area contributed by atoms with Gasteiger partial charge in [0.25, 0.3) is 0 Å². The largest absolute Gasteiger partial charge is 0.309 e. The molecule has 4 aromatic carbocycles. The van der Waals surface area contributed by atoms with Crippen LogP contribution in [-0.2, 0) is 0 Å². The molecule has 0 aliphatic carbocycles. The topological polar surface area (TPSA) is 22.8 Å². The van der Waals surface area contributed by atoms with Gasteiger partial charge in [0.15, 0.2) is 0 Å². The fourth-order valence-corrected chi connectivity index (χ4v) is 5.05. The van der Waals surface area contributed by atoms with Gasteiger partial charge in [-0.05, 0) is 48.0 Å². The van der Waals surface area contributed by atoms with Crippen LogP contribution < -0.4 is 0 Å². The number of nitrogens with zero attached hydrogens (tertiary/aromatic N) is 3. The molecule has 160 valence electrons. The minimum absolute atomic E-state index is 0.913. The summed E-state index contributed by atoms with van der Waals surface area (Å²) >= 11 is 0. The third-order valence-electron chi connectivity index (χ3n) is 6.62. The number of rotatable bonds is 3. The lowest BCUT2D eigenvalue weighted by molar-refractivity contribution is 1.04. The molecule has 0 aliphatic heterocycles. The van der Waals surface area contributed by atoms with E-state index in [9.17, 15) is 0 Å². The van der Waals surface area contributed by atoms with E-state index >= 15 is 0 Å². The van der Waals surface area contributed by atoms with Crippen LogP contribution in [0, 0.1) is 0 Å². The molecule has 0 amide bonds. The van der Waals surface area contributed by atoms with Crippen LogP contribution in [0.4, 0.5) is 0 Å². The van der Waals surface area contributed by atoms with Gasteiger partial charge < -0.3 is 9.13 Å². The quantitative estimate of drug-likeness (QED) is 0.278. The molecule has 0 spiro atoms. The lowest BCUT2D eigenvalue weighted by atomic mass is 10.1. The van der Waals surface area contributed by atoms with Crippen molar-refractivity contribution in [1.82, 2.24) is 14.1 Å². The van der Waals surface area contributed by atoms with Crippen molar-refractivity contribution in [3.8, 4) is 22.6 Å². The number of aromatic nitrogens is 3. The molecule has 7 rings (SSSR count). The first-order chi connectivity index (χ1) is 16.9. The van der Waals surface area contributed by atoms with Crippen molar-refractivity contribution >= 4 is 32.7 Å². The summed E-state index contributed by atoms with van der Waals surface area (Å²) in [6, 6.07) is 40.5. The number of fused-ring (bicyclic) bond motifs is 5.